The average Bonchev–Trinajstić information content (AvgIpc) is 2.54. The monoisotopic (exact) mass is 325 g/mol. The van der Waals surface area contributed by atoms with Crippen molar-refractivity contribution in [3.63, 3.8) is 0 Å². The van der Waals surface area contributed by atoms with E-state index in [4.69, 9.17) is 21.1 Å². The summed E-state index contributed by atoms with van der Waals surface area (Å²) in [4.78, 5) is 14.3. The number of rotatable bonds is 7. The number of amides is 1. The van der Waals surface area contributed by atoms with Gasteiger partial charge in [-0.2, -0.15) is 0 Å². The van der Waals surface area contributed by atoms with Crippen LogP contribution in [0.5, 0.6) is 0 Å². The van der Waals surface area contributed by atoms with Crippen molar-refractivity contribution in [2.24, 2.45) is 5.92 Å². The van der Waals surface area contributed by atoms with Crippen LogP contribution in [0.2, 0.25) is 5.02 Å². The maximum absolute atomic E-state index is 12.3. The van der Waals surface area contributed by atoms with Gasteiger partial charge in [-0.15, -0.1) is 0 Å². The van der Waals surface area contributed by atoms with Gasteiger partial charge in [0.05, 0.1) is 19.6 Å². The van der Waals surface area contributed by atoms with Crippen LogP contribution < -0.4 is 0 Å². The van der Waals surface area contributed by atoms with Crippen LogP contribution in [-0.4, -0.2) is 50.8 Å². The van der Waals surface area contributed by atoms with E-state index >= 15 is 0 Å². The first-order valence-corrected chi connectivity index (χ1v) is 8.16. The Morgan fingerprint density at radius 1 is 1.27 bits per heavy atom. The van der Waals surface area contributed by atoms with Crippen molar-refractivity contribution < 1.29 is 14.3 Å². The zero-order valence-electron chi connectivity index (χ0n) is 13.1. The fourth-order valence-electron chi connectivity index (χ4n) is 2.66. The molecule has 0 aliphatic carbocycles. The van der Waals surface area contributed by atoms with Gasteiger partial charge in [0.2, 0.25) is 5.91 Å². The molecule has 0 spiro atoms. The first kappa shape index (κ1) is 17.3. The number of benzene rings is 1. The molecule has 4 nitrogen and oxygen atoms in total. The third-order valence-corrected chi connectivity index (χ3v) is 4.42. The van der Waals surface area contributed by atoms with E-state index < -0.39 is 0 Å². The molecule has 122 valence electrons. The van der Waals surface area contributed by atoms with E-state index in [1.165, 1.54) is 0 Å². The Bertz CT molecular complexity index is 473. The van der Waals surface area contributed by atoms with Gasteiger partial charge in [0, 0.05) is 31.8 Å². The zero-order chi connectivity index (χ0) is 15.8. The van der Waals surface area contributed by atoms with E-state index in [2.05, 4.69) is 0 Å². The molecular formula is C17H24ClNO3. The maximum atomic E-state index is 12.3. The number of carbonyl (C=O) groups excluding carboxylic acids is 1. The van der Waals surface area contributed by atoms with Crippen molar-refractivity contribution in [1.29, 1.82) is 0 Å². The van der Waals surface area contributed by atoms with Gasteiger partial charge in [0.1, 0.15) is 0 Å². The molecule has 1 heterocycles. The van der Waals surface area contributed by atoms with Crippen molar-refractivity contribution in [3.05, 3.63) is 34.9 Å². The smallest absolute Gasteiger partial charge is 0.227 e. The molecule has 1 aromatic carbocycles. The maximum Gasteiger partial charge on any atom is 0.227 e. The van der Waals surface area contributed by atoms with Crippen LogP contribution in [0.1, 0.15) is 18.4 Å². The summed E-state index contributed by atoms with van der Waals surface area (Å²) in [5.74, 6) is 0.702. The first-order chi connectivity index (χ1) is 10.7. The minimum Gasteiger partial charge on any atom is -0.382 e. The van der Waals surface area contributed by atoms with Crippen molar-refractivity contribution in [3.8, 4) is 0 Å². The van der Waals surface area contributed by atoms with Crippen molar-refractivity contribution in [2.75, 3.05) is 40.0 Å². The molecule has 1 aliphatic heterocycles. The average molecular weight is 326 g/mol. The first-order valence-electron chi connectivity index (χ1n) is 7.78. The van der Waals surface area contributed by atoms with E-state index in [0.29, 0.717) is 30.6 Å². The molecule has 1 aromatic rings. The number of likely N-dealkylation sites (tertiary alicyclic amines) is 1. The highest BCUT2D eigenvalue weighted by molar-refractivity contribution is 6.31. The van der Waals surface area contributed by atoms with Gasteiger partial charge in [-0.1, -0.05) is 29.8 Å². The van der Waals surface area contributed by atoms with Crippen LogP contribution in [0.3, 0.4) is 0 Å². The summed E-state index contributed by atoms with van der Waals surface area (Å²) < 4.78 is 10.5. The third kappa shape index (κ3) is 5.27. The van der Waals surface area contributed by atoms with Crippen LogP contribution in [-0.2, 0) is 20.7 Å². The number of ether oxygens (including phenoxy) is 2. The SMILES string of the molecule is COCCOCC1CCN(C(=O)Cc2ccccc2Cl)CC1. The molecule has 22 heavy (non-hydrogen) atoms. The second kappa shape index (κ2) is 9.13. The molecule has 0 bridgehead atoms. The minimum atomic E-state index is 0.159. The number of hydrogen-bond acceptors (Lipinski definition) is 3. The van der Waals surface area contributed by atoms with Crippen LogP contribution in [0.25, 0.3) is 0 Å². The summed E-state index contributed by atoms with van der Waals surface area (Å²) in [7, 11) is 1.67. The lowest BCUT2D eigenvalue weighted by Crippen LogP contribution is -2.40. The lowest BCUT2D eigenvalue weighted by Gasteiger charge is -2.32. The number of halogens is 1. The molecule has 0 saturated carbocycles. The van der Waals surface area contributed by atoms with Crippen LogP contribution in [0.15, 0.2) is 24.3 Å². The quantitative estimate of drug-likeness (QED) is 0.724. The number of carbonyl (C=O) groups is 1. The zero-order valence-corrected chi connectivity index (χ0v) is 13.8. The van der Waals surface area contributed by atoms with Crippen molar-refractivity contribution in [1.82, 2.24) is 4.90 Å². The number of methoxy groups -OCH3 is 1. The number of piperidine rings is 1. The highest BCUT2D eigenvalue weighted by atomic mass is 35.5. The van der Waals surface area contributed by atoms with Crippen LogP contribution in [0.4, 0.5) is 0 Å². The van der Waals surface area contributed by atoms with E-state index in [9.17, 15) is 4.79 Å². The molecule has 1 saturated heterocycles. The van der Waals surface area contributed by atoms with Crippen molar-refractivity contribution in [2.45, 2.75) is 19.3 Å². The second-order valence-electron chi connectivity index (χ2n) is 5.66. The van der Waals surface area contributed by atoms with Gasteiger partial charge in [0.25, 0.3) is 0 Å². The molecule has 2 rings (SSSR count). The topological polar surface area (TPSA) is 38.8 Å². The molecule has 0 N–H and O–H groups in total. The van der Waals surface area contributed by atoms with Gasteiger partial charge >= 0.3 is 0 Å². The molecule has 1 aliphatic rings. The van der Waals surface area contributed by atoms with Gasteiger partial charge < -0.3 is 14.4 Å². The summed E-state index contributed by atoms with van der Waals surface area (Å²) in [6.45, 7) is 3.65. The predicted octanol–water partition coefficient (Wildman–Crippen LogP) is 2.78. The van der Waals surface area contributed by atoms with Gasteiger partial charge in [-0.05, 0) is 30.4 Å². The van der Waals surface area contributed by atoms with E-state index in [-0.39, 0.29) is 5.91 Å². The van der Waals surface area contributed by atoms with Gasteiger partial charge in [-0.25, -0.2) is 0 Å². The fourth-order valence-corrected chi connectivity index (χ4v) is 2.86. The Morgan fingerprint density at radius 3 is 2.68 bits per heavy atom. The molecule has 0 unspecified atom stereocenters. The molecule has 1 amide bonds. The Hall–Kier alpha value is -1.10. The molecule has 0 radical (unpaired) electrons. The van der Waals surface area contributed by atoms with Crippen LogP contribution >= 0.6 is 11.6 Å². The normalized spacial score (nSPS) is 16.0. The highest BCUT2D eigenvalue weighted by Gasteiger charge is 2.23. The molecular weight excluding hydrogens is 302 g/mol. The molecule has 5 heteroatoms. The molecule has 0 atom stereocenters. The Kier molecular flexibility index (Phi) is 7.16. The summed E-state index contributed by atoms with van der Waals surface area (Å²) in [6, 6.07) is 7.54. The third-order valence-electron chi connectivity index (χ3n) is 4.05. The lowest BCUT2D eigenvalue weighted by atomic mass is 9.97. The molecule has 0 aromatic heterocycles. The van der Waals surface area contributed by atoms with Crippen LogP contribution in [0, 0.1) is 5.92 Å². The minimum absolute atomic E-state index is 0.159. The summed E-state index contributed by atoms with van der Waals surface area (Å²) >= 11 is 6.12. The van der Waals surface area contributed by atoms with E-state index in [1.807, 2.05) is 29.2 Å². The summed E-state index contributed by atoms with van der Waals surface area (Å²) in [5.41, 5.74) is 0.902. The van der Waals surface area contributed by atoms with E-state index in [0.717, 1.165) is 38.1 Å². The highest BCUT2D eigenvalue weighted by Crippen LogP contribution is 2.20. The Morgan fingerprint density at radius 2 is 2.00 bits per heavy atom. The van der Waals surface area contributed by atoms with Crippen molar-refractivity contribution >= 4 is 17.5 Å². The summed E-state index contributed by atoms with van der Waals surface area (Å²) in [6.07, 6.45) is 2.39. The molecule has 1 fully saturated rings. The lowest BCUT2D eigenvalue weighted by molar-refractivity contribution is -0.132. The Labute approximate surface area is 137 Å². The predicted molar refractivity (Wildman–Crippen MR) is 87.2 cm³/mol. The summed E-state index contributed by atoms with van der Waals surface area (Å²) in [5, 5.41) is 0.664. The largest absolute Gasteiger partial charge is 0.382 e. The van der Waals surface area contributed by atoms with E-state index in [1.54, 1.807) is 7.11 Å². The second-order valence-corrected chi connectivity index (χ2v) is 6.07. The standard InChI is InChI=1S/C17H24ClNO3/c1-21-10-11-22-13-14-6-8-19(9-7-14)17(20)12-15-4-2-3-5-16(15)18/h2-5,14H,6-13H2,1H3. The Balaban J connectivity index is 1.72. The number of nitrogens with zero attached hydrogens (tertiary/aromatic N) is 1. The van der Waals surface area contributed by atoms with Gasteiger partial charge in [0.15, 0.2) is 0 Å². The number of hydrogen-bond donors (Lipinski definition) is 0. The fraction of sp³-hybridized carbons (Fsp3) is 0.588. The van der Waals surface area contributed by atoms with Gasteiger partial charge in [-0.3, -0.25) is 4.79 Å².